The molecule has 0 aromatic carbocycles. The molecule has 13 aliphatic rings. The average molecular weight is 1680 g/mol. The van der Waals surface area contributed by atoms with E-state index in [2.05, 4.69) is 87.5 Å². The van der Waals surface area contributed by atoms with Crippen molar-refractivity contribution >= 4 is 35.0 Å². The molecule has 0 amide bonds. The van der Waals surface area contributed by atoms with Crippen LogP contribution in [0, 0.1) is 130 Å². The van der Waals surface area contributed by atoms with Crippen LogP contribution in [0.2, 0.25) is 0 Å². The summed E-state index contributed by atoms with van der Waals surface area (Å²) in [6.07, 6.45) is 52.5. The number of hydrogen-bond donors (Lipinski definition) is 8. The summed E-state index contributed by atoms with van der Waals surface area (Å²) in [5, 5.41) is 75.0. The molecule has 0 radical (unpaired) electrons. The number of allylic oxidation sites excluding steroid dienone is 4. The second-order valence-corrected chi connectivity index (χ2v) is 39.8. The molecule has 0 bridgehead atoms. The number of fused-ring (bicyclic) bond motifs is 15. The van der Waals surface area contributed by atoms with Gasteiger partial charge in [-0.05, 0) is 390 Å². The van der Waals surface area contributed by atoms with Gasteiger partial charge in [0.25, 0.3) is 0 Å². The van der Waals surface area contributed by atoms with E-state index in [-0.39, 0.29) is 111 Å². The van der Waals surface area contributed by atoms with Gasteiger partial charge in [-0.15, -0.1) is 0 Å². The number of esters is 2. The number of methoxy groups -OCH3 is 2. The van der Waals surface area contributed by atoms with E-state index in [1.165, 1.54) is 143 Å². The summed E-state index contributed by atoms with van der Waals surface area (Å²) in [7, 11) is 2.93. The van der Waals surface area contributed by atoms with Gasteiger partial charge in [0, 0.05) is 58.6 Å². The molecule has 0 aromatic rings. The van der Waals surface area contributed by atoms with Gasteiger partial charge in [-0.25, -0.2) is 4.79 Å². The Labute approximate surface area is 729 Å². The van der Waals surface area contributed by atoms with Crippen molar-refractivity contribution in [1.29, 1.82) is 0 Å². The first-order valence-electron chi connectivity index (χ1n) is 45.0. The molecule has 15 heteroatoms. The Hall–Kier alpha value is -0.459. The quantitative estimate of drug-likeness (QED) is 0.0225. The van der Waals surface area contributed by atoms with Crippen LogP contribution in [0.5, 0.6) is 0 Å². The minimum Gasteiger partial charge on any atom is -1.00 e. The van der Waals surface area contributed by atoms with E-state index in [9.17, 15) is 30.0 Å². The Morgan fingerprint density at radius 2 is 0.759 bits per heavy atom. The maximum absolute atomic E-state index is 11.5. The topological polar surface area (TPSA) is 214 Å². The van der Waals surface area contributed by atoms with Crippen molar-refractivity contribution in [2.24, 2.45) is 123 Å². The third-order valence-corrected chi connectivity index (χ3v) is 31.4. The van der Waals surface area contributed by atoms with E-state index in [4.69, 9.17) is 29.9 Å². The van der Waals surface area contributed by atoms with E-state index in [1.54, 1.807) is 85.1 Å². The smallest absolute Gasteiger partial charge is 1.00 e. The van der Waals surface area contributed by atoms with Crippen LogP contribution in [-0.4, -0.2) is 137 Å². The van der Waals surface area contributed by atoms with Crippen molar-refractivity contribution in [3.8, 4) is 0 Å². The SMILES string of the molecule is C.CC(C)O.CC(C)O.CC(C)O.CC(C)O.CC[C@]1(O)CC[C@H]2C(=CC[C@@H]3[C@@H]2CC[C@]2(C)[C@@H]([C@H](C)C/C=C\C(=O)OC)CC[C@@H]32)C1.CC[C@]1(O)CC[C@H]2C(=CC[C@@H]3[C@@H]2CC[C@]2(C)[C@@H]([C@H](C)CCCC(=O)OC)CC[C@@H]32)C1.CC[C@]1(O)CC[C@H]2C(=CC[C@@H]3[C@@H]2CC[C@]2(C)[C@@H]([C@H](C)CCCC4(O)CC4)CC[C@@H]32)C1.[Br-].[CH2-]C.[Mg+2].[Ti]. The zero-order valence-corrected chi connectivity index (χ0v) is 79.1. The van der Waals surface area contributed by atoms with Crippen molar-refractivity contribution in [3.63, 3.8) is 0 Å². The van der Waals surface area contributed by atoms with Crippen LogP contribution >= 0.6 is 0 Å². The molecule has 0 unspecified atom stereocenters. The molecule has 12 nitrogen and oxygen atoms in total. The number of aliphatic hydroxyl groups excluding tert-OH is 4. The summed E-state index contributed by atoms with van der Waals surface area (Å²) in [6, 6.07) is 0. The van der Waals surface area contributed by atoms with E-state index < -0.39 is 16.8 Å². The van der Waals surface area contributed by atoms with Crippen molar-refractivity contribution in [1.82, 2.24) is 0 Å². The maximum atomic E-state index is 11.5. The van der Waals surface area contributed by atoms with Crippen LogP contribution < -0.4 is 17.0 Å². The number of rotatable bonds is 17. The molecule has 24 atom stereocenters. The number of carbonyl (C=O) groups excluding carboxylic acids is 2. The van der Waals surface area contributed by atoms with Gasteiger partial charge in [0.05, 0.1) is 36.6 Å². The first-order chi connectivity index (χ1) is 50.8. The van der Waals surface area contributed by atoms with Gasteiger partial charge in [-0.2, -0.15) is 6.92 Å². The van der Waals surface area contributed by atoms with E-state index >= 15 is 0 Å². The third kappa shape index (κ3) is 28.3. The molecule has 13 rings (SSSR count). The molecule has 10 saturated carbocycles. The summed E-state index contributed by atoms with van der Waals surface area (Å²) >= 11 is 0. The normalized spacial score (nSPS) is 37.6. The van der Waals surface area contributed by atoms with Crippen molar-refractivity contribution in [2.75, 3.05) is 14.2 Å². The van der Waals surface area contributed by atoms with Gasteiger partial charge in [0.15, 0.2) is 0 Å². The Kier molecular flexibility index (Phi) is 46.5. The molecular weight excluding hydrogens is 1510 g/mol. The molecule has 10 fully saturated rings. The molecule has 646 valence electrons. The number of aliphatic hydroxyl groups is 8. The van der Waals surface area contributed by atoms with Gasteiger partial charge in [-0.1, -0.05) is 124 Å². The zero-order valence-electron chi connectivity index (χ0n) is 74.5. The fourth-order valence-corrected chi connectivity index (χ4v) is 25.8. The second-order valence-electron chi connectivity index (χ2n) is 39.8. The fraction of sp³-hybridized carbons (Fsp3) is 0.887. The summed E-state index contributed by atoms with van der Waals surface area (Å²) in [6.45, 7) is 40.4. The molecule has 0 aliphatic heterocycles. The van der Waals surface area contributed by atoms with Gasteiger partial charge >= 0.3 is 35.0 Å². The van der Waals surface area contributed by atoms with Gasteiger partial charge < -0.3 is 74.2 Å². The van der Waals surface area contributed by atoms with Crippen LogP contribution in [0.3, 0.4) is 0 Å². The predicted molar refractivity (Wildman–Crippen MR) is 458 cm³/mol. The summed E-state index contributed by atoms with van der Waals surface area (Å²) < 4.78 is 9.56. The maximum Gasteiger partial charge on any atom is 2.00 e. The van der Waals surface area contributed by atoms with Gasteiger partial charge in [0.1, 0.15) is 0 Å². The molecular formula is C97H173BrMgO12Ti. The molecule has 0 heterocycles. The zero-order chi connectivity index (χ0) is 80.5. The summed E-state index contributed by atoms with van der Waals surface area (Å²) in [4.78, 5) is 22.9. The summed E-state index contributed by atoms with van der Waals surface area (Å²) in [5.41, 5.74) is 4.72. The molecule has 112 heavy (non-hydrogen) atoms. The first-order valence-corrected chi connectivity index (χ1v) is 45.0. The van der Waals surface area contributed by atoms with Crippen LogP contribution in [0.15, 0.2) is 47.1 Å². The standard InChI is InChI=1S/C28H46O2.C27H44O3.C27H42O3.4C3H8O.C2H5.CH4.BrH.Mg.Ti/c1-4-27(29)15-12-21-20(18-27)7-8-23-22(21)11-14-26(3)24(9-10-25(23)26)19(2)6-5-13-28(30)16-17-28;2*1-5-27(29)16-14-20-19(17-27)9-10-22-21(20)13-15-26(3)23(11-12-24(22)26)18(2)7-6-8-25(28)30-4;4*1-3(2)4;1-2;;;;/h7,19,21-25,29-30H,4-6,8-18H2,1-3H3;9,18,20-24,29H,5-8,10-17H2,1-4H3;6,8-9,18,20-24,29H,5,7,10-17H2,1-4H3;4*3-4H,1-2H3;1H2,2H3;1H4;1H;;/q;;;;;;;-1;;;+2;/p-1/b;;8-6-;;;;;;;;;/t19-,21+,22-,23-,24-,25+,26-,27+;2*18-,20+,21-,22-,23-,24+,26-,27+;;;;;;;;;/m111........./s1. The van der Waals surface area contributed by atoms with Crippen molar-refractivity contribution in [2.45, 2.75) is 410 Å². The van der Waals surface area contributed by atoms with Crippen LogP contribution in [0.25, 0.3) is 0 Å². The largest absolute Gasteiger partial charge is 2.00 e. The molecule has 13 aliphatic carbocycles. The molecule has 0 saturated heterocycles. The van der Waals surface area contributed by atoms with E-state index in [0.717, 1.165) is 191 Å². The Bertz CT molecular complexity index is 2820. The fourth-order valence-electron chi connectivity index (χ4n) is 25.8. The Morgan fingerprint density at radius 1 is 0.455 bits per heavy atom. The average Bonchev–Trinajstić information content (AvgIpc) is 1.44. The first kappa shape index (κ1) is 108. The van der Waals surface area contributed by atoms with E-state index in [1.807, 2.05) is 6.08 Å². The minimum absolute atomic E-state index is 0. The molecule has 0 spiro atoms. The van der Waals surface area contributed by atoms with Crippen molar-refractivity contribution in [3.05, 3.63) is 54.0 Å². The molecule has 8 N–H and O–H groups in total. The third-order valence-electron chi connectivity index (χ3n) is 31.4. The van der Waals surface area contributed by atoms with Crippen molar-refractivity contribution < 1.29 is 98.6 Å². The van der Waals surface area contributed by atoms with E-state index in [0.29, 0.717) is 34.5 Å². The van der Waals surface area contributed by atoms with Gasteiger partial charge in [-0.3, -0.25) is 4.79 Å². The molecule has 0 aromatic heterocycles. The van der Waals surface area contributed by atoms with Crippen LogP contribution in [-0.2, 0) is 40.8 Å². The number of ether oxygens (including phenoxy) is 2. The second kappa shape index (κ2) is 48.4. The minimum atomic E-state index is -0.441. The predicted octanol–water partition coefficient (Wildman–Crippen LogP) is 18.7. The Balaban J connectivity index is 0.000000505. The van der Waals surface area contributed by atoms with Gasteiger partial charge in [0.2, 0.25) is 0 Å². The van der Waals surface area contributed by atoms with Crippen LogP contribution in [0.1, 0.15) is 363 Å². The monoisotopic (exact) mass is 1680 g/mol. The van der Waals surface area contributed by atoms with Crippen LogP contribution in [0.4, 0.5) is 0 Å². The Morgan fingerprint density at radius 3 is 1.04 bits per heavy atom. The number of hydrogen-bond acceptors (Lipinski definition) is 12. The number of halogens is 1. The number of carbonyl (C=O) groups is 2. The summed E-state index contributed by atoms with van der Waals surface area (Å²) in [5.74, 6) is 14.3.